The molecule has 1 atom stereocenters. The standard InChI is InChI=1S/C42H52F4N6O8/c1-2-60-37-6-4-3-5-34(37)38-35(43)26-32(28-49-38)41(10-14-52(15-11-41)36-8-7-31(42(44,45)46)25-30(36)27-47)39(53)50-33-9-13-51(29-33)16-18-57-20-22-59-24-23-58-21-19-56-17-12-48-40(54)55/h3-8,25-26,28,33,48H,2,9-24,29H2,1H3,(H,50,53)(H,54,55)/t33-/m1/s1. The Hall–Kier alpha value is -5.06. The smallest absolute Gasteiger partial charge is 0.416 e. The molecule has 2 amide bonds. The van der Waals surface area contributed by atoms with Crippen LogP contribution in [-0.4, -0.2) is 132 Å². The fraction of sp³-hybridized carbons (Fsp3) is 0.524. The van der Waals surface area contributed by atoms with E-state index in [1.807, 2.05) is 13.0 Å². The Morgan fingerprint density at radius 1 is 0.950 bits per heavy atom. The minimum atomic E-state index is -4.61. The summed E-state index contributed by atoms with van der Waals surface area (Å²) in [6.45, 7) is 7.84. The number of anilines is 1. The molecule has 1 aromatic heterocycles. The van der Waals surface area contributed by atoms with Gasteiger partial charge in [-0.25, -0.2) is 9.18 Å². The van der Waals surface area contributed by atoms with Crippen LogP contribution in [0.4, 0.5) is 28.0 Å². The lowest BCUT2D eigenvalue weighted by Gasteiger charge is -2.42. The number of amides is 2. The van der Waals surface area contributed by atoms with Gasteiger partial charge in [0.05, 0.1) is 81.7 Å². The highest BCUT2D eigenvalue weighted by Crippen LogP contribution is 2.41. The number of carbonyl (C=O) groups excluding carboxylic acids is 1. The van der Waals surface area contributed by atoms with E-state index >= 15 is 4.39 Å². The maximum absolute atomic E-state index is 16.1. The van der Waals surface area contributed by atoms with Gasteiger partial charge in [0.15, 0.2) is 0 Å². The molecule has 5 rings (SSSR count). The summed E-state index contributed by atoms with van der Waals surface area (Å²) >= 11 is 0. The van der Waals surface area contributed by atoms with Crippen molar-refractivity contribution >= 4 is 17.7 Å². The largest absolute Gasteiger partial charge is 0.493 e. The zero-order valence-corrected chi connectivity index (χ0v) is 33.6. The summed E-state index contributed by atoms with van der Waals surface area (Å²) in [7, 11) is 0. The number of carboxylic acid groups (broad SMARTS) is 1. The minimum absolute atomic E-state index is 0.0805. The van der Waals surface area contributed by atoms with E-state index < -0.39 is 29.1 Å². The zero-order valence-electron chi connectivity index (χ0n) is 33.6. The maximum atomic E-state index is 16.1. The van der Waals surface area contributed by atoms with E-state index in [1.165, 1.54) is 18.3 Å². The first-order valence-electron chi connectivity index (χ1n) is 20.0. The van der Waals surface area contributed by atoms with Gasteiger partial charge in [-0.3, -0.25) is 14.7 Å². The number of nitriles is 1. The van der Waals surface area contributed by atoms with E-state index in [9.17, 15) is 28.0 Å². The van der Waals surface area contributed by atoms with Crippen LogP contribution in [0.25, 0.3) is 11.3 Å². The fourth-order valence-corrected chi connectivity index (χ4v) is 7.36. The number of hydrogen-bond acceptors (Lipinski definition) is 11. The highest BCUT2D eigenvalue weighted by molar-refractivity contribution is 5.89. The van der Waals surface area contributed by atoms with Gasteiger partial charge in [0.1, 0.15) is 23.3 Å². The summed E-state index contributed by atoms with van der Waals surface area (Å²) in [4.78, 5) is 33.3. The van der Waals surface area contributed by atoms with Crippen molar-refractivity contribution in [2.24, 2.45) is 0 Å². The quantitative estimate of drug-likeness (QED) is 0.0891. The molecule has 0 radical (unpaired) electrons. The number of carbonyl (C=O) groups is 2. The Morgan fingerprint density at radius 2 is 1.62 bits per heavy atom. The SMILES string of the molecule is CCOc1ccccc1-c1ncc(C2(C(=O)N[C@@H]3CCN(CCOCCOCCOCCOCCNC(=O)O)C3)CCN(c3ccc(C(F)(F)F)cc3C#N)CC2)cc1F. The molecular formula is C42H52F4N6O8. The molecule has 0 bridgehead atoms. The van der Waals surface area contributed by atoms with Crippen LogP contribution >= 0.6 is 0 Å². The van der Waals surface area contributed by atoms with E-state index in [2.05, 4.69) is 20.5 Å². The highest BCUT2D eigenvalue weighted by atomic mass is 19.4. The second kappa shape index (κ2) is 22.5. The molecule has 0 unspecified atom stereocenters. The maximum Gasteiger partial charge on any atom is 0.416 e. The van der Waals surface area contributed by atoms with E-state index in [0.717, 1.165) is 18.7 Å². The summed E-state index contributed by atoms with van der Waals surface area (Å²) in [5.41, 5.74) is -0.976. The van der Waals surface area contributed by atoms with E-state index in [-0.39, 0.29) is 62.3 Å². The molecule has 60 heavy (non-hydrogen) atoms. The molecule has 3 aromatic rings. The number of likely N-dealkylation sites (tertiary alicyclic amines) is 1. The van der Waals surface area contributed by atoms with Gasteiger partial charge < -0.3 is 44.3 Å². The number of ether oxygens (including phenoxy) is 5. The molecule has 2 saturated heterocycles. The van der Waals surface area contributed by atoms with E-state index in [4.69, 9.17) is 28.8 Å². The van der Waals surface area contributed by atoms with Crippen molar-refractivity contribution in [3.05, 3.63) is 77.2 Å². The molecule has 3 N–H and O–H groups in total. The Balaban J connectivity index is 1.15. The Bertz CT molecular complexity index is 1910. The number of pyridine rings is 1. The molecule has 2 aliphatic heterocycles. The normalized spacial score (nSPS) is 16.7. The molecule has 0 saturated carbocycles. The Labute approximate surface area is 346 Å². The average Bonchev–Trinajstić information content (AvgIpc) is 3.68. The van der Waals surface area contributed by atoms with Gasteiger partial charge in [-0.2, -0.15) is 18.4 Å². The number of para-hydroxylation sites is 1. The van der Waals surface area contributed by atoms with Crippen molar-refractivity contribution in [1.29, 1.82) is 5.26 Å². The van der Waals surface area contributed by atoms with Crippen molar-refractivity contribution in [2.45, 2.75) is 43.8 Å². The summed E-state index contributed by atoms with van der Waals surface area (Å²) in [6, 6.07) is 13.1. The predicted molar refractivity (Wildman–Crippen MR) is 212 cm³/mol. The number of benzene rings is 2. The molecule has 0 spiro atoms. The first-order chi connectivity index (χ1) is 28.9. The van der Waals surface area contributed by atoms with Crippen molar-refractivity contribution in [1.82, 2.24) is 20.5 Å². The Kier molecular flexibility index (Phi) is 17.3. The van der Waals surface area contributed by atoms with Crippen molar-refractivity contribution in [2.75, 3.05) is 104 Å². The molecule has 326 valence electrons. The van der Waals surface area contributed by atoms with Gasteiger partial charge in [-0.1, -0.05) is 12.1 Å². The van der Waals surface area contributed by atoms with Crippen LogP contribution in [0.15, 0.2) is 54.7 Å². The van der Waals surface area contributed by atoms with Gasteiger partial charge in [-0.05, 0) is 68.1 Å². The lowest BCUT2D eigenvalue weighted by molar-refractivity contribution is -0.137. The lowest BCUT2D eigenvalue weighted by Crippen LogP contribution is -2.54. The monoisotopic (exact) mass is 844 g/mol. The minimum Gasteiger partial charge on any atom is -0.493 e. The number of nitrogens with one attached hydrogen (secondary N) is 2. The van der Waals surface area contributed by atoms with Crippen LogP contribution in [-0.2, 0) is 35.3 Å². The third kappa shape index (κ3) is 12.7. The summed E-state index contributed by atoms with van der Waals surface area (Å²) in [5.74, 6) is -0.439. The summed E-state index contributed by atoms with van der Waals surface area (Å²) < 4.78 is 84.0. The molecule has 3 heterocycles. The molecule has 14 nitrogen and oxygen atoms in total. The first kappa shape index (κ1) is 46.0. The lowest BCUT2D eigenvalue weighted by atomic mass is 9.72. The number of rotatable bonds is 22. The third-order valence-electron chi connectivity index (χ3n) is 10.5. The first-order valence-corrected chi connectivity index (χ1v) is 20.0. The number of alkyl halides is 3. The van der Waals surface area contributed by atoms with Gasteiger partial charge >= 0.3 is 12.3 Å². The second-order valence-electron chi connectivity index (χ2n) is 14.3. The van der Waals surface area contributed by atoms with Crippen LogP contribution in [0.1, 0.15) is 42.9 Å². The number of piperidine rings is 1. The highest BCUT2D eigenvalue weighted by Gasteiger charge is 2.45. The molecule has 2 aliphatic rings. The zero-order chi connectivity index (χ0) is 43.0. The summed E-state index contributed by atoms with van der Waals surface area (Å²) in [6.07, 6.45) is -3.09. The molecule has 0 aliphatic carbocycles. The topological polar surface area (TPSA) is 168 Å². The summed E-state index contributed by atoms with van der Waals surface area (Å²) in [5, 5.41) is 23.7. The van der Waals surface area contributed by atoms with Gasteiger partial charge in [-0.15, -0.1) is 0 Å². The number of halogens is 4. The molecular weight excluding hydrogens is 792 g/mol. The van der Waals surface area contributed by atoms with Crippen LogP contribution < -0.4 is 20.3 Å². The van der Waals surface area contributed by atoms with Crippen molar-refractivity contribution < 1.29 is 55.9 Å². The number of aromatic nitrogens is 1. The van der Waals surface area contributed by atoms with Crippen molar-refractivity contribution in [3.8, 4) is 23.1 Å². The molecule has 2 aromatic carbocycles. The van der Waals surface area contributed by atoms with Crippen LogP contribution in [0.5, 0.6) is 5.75 Å². The number of hydrogen-bond donors (Lipinski definition) is 3. The van der Waals surface area contributed by atoms with Crippen LogP contribution in [0.2, 0.25) is 0 Å². The predicted octanol–water partition coefficient (Wildman–Crippen LogP) is 5.24. The Morgan fingerprint density at radius 3 is 2.25 bits per heavy atom. The third-order valence-corrected chi connectivity index (χ3v) is 10.5. The molecule has 18 heteroatoms. The second-order valence-corrected chi connectivity index (χ2v) is 14.3. The average molecular weight is 845 g/mol. The van der Waals surface area contributed by atoms with Gasteiger partial charge in [0, 0.05) is 57.1 Å². The number of nitrogens with zero attached hydrogens (tertiary/aromatic N) is 4. The van der Waals surface area contributed by atoms with Crippen LogP contribution in [0, 0.1) is 17.1 Å². The van der Waals surface area contributed by atoms with E-state index in [0.29, 0.717) is 94.9 Å². The fourth-order valence-electron chi connectivity index (χ4n) is 7.36. The van der Waals surface area contributed by atoms with Crippen LogP contribution in [0.3, 0.4) is 0 Å². The van der Waals surface area contributed by atoms with Crippen molar-refractivity contribution in [3.63, 3.8) is 0 Å². The van der Waals surface area contributed by atoms with E-state index in [1.54, 1.807) is 29.2 Å². The van der Waals surface area contributed by atoms with Gasteiger partial charge in [0.25, 0.3) is 0 Å². The van der Waals surface area contributed by atoms with Gasteiger partial charge in [0.2, 0.25) is 5.91 Å². The molecule has 2 fully saturated rings.